The summed E-state index contributed by atoms with van der Waals surface area (Å²) in [5.41, 5.74) is 0.673. The van der Waals surface area contributed by atoms with Crippen LogP contribution in [0.1, 0.15) is 17.0 Å². The number of ketones is 1. The maximum Gasteiger partial charge on any atom is 0.201 e. The molecule has 0 radical (unpaired) electrons. The maximum atomic E-state index is 11.5. The monoisotopic (exact) mass is 220 g/mol. The molecule has 0 N–H and O–H groups in total. The molecule has 1 aromatic carbocycles. The Balaban J connectivity index is 2.47. The van der Waals surface area contributed by atoms with E-state index in [0.717, 1.165) is 5.39 Å². The van der Waals surface area contributed by atoms with E-state index in [4.69, 9.17) is 16.0 Å². The molecule has 0 amide bonds. The number of carbonyl (C=O) groups excluding carboxylic acids is 1. The Kier molecular flexibility index (Phi) is 2.60. The van der Waals surface area contributed by atoms with Crippen LogP contribution in [0.5, 0.6) is 0 Å². The van der Waals surface area contributed by atoms with Crippen LogP contribution >= 0.6 is 11.6 Å². The van der Waals surface area contributed by atoms with Crippen LogP contribution in [0, 0.1) is 0 Å². The minimum absolute atomic E-state index is 0.0719. The fourth-order valence-electron chi connectivity index (χ4n) is 1.38. The van der Waals surface area contributed by atoms with Gasteiger partial charge in [0.15, 0.2) is 5.76 Å². The van der Waals surface area contributed by atoms with Crippen LogP contribution in [0.2, 0.25) is 5.02 Å². The van der Waals surface area contributed by atoms with E-state index in [1.54, 1.807) is 30.3 Å². The second-order valence-corrected chi connectivity index (χ2v) is 3.65. The van der Waals surface area contributed by atoms with E-state index in [9.17, 15) is 4.79 Å². The van der Waals surface area contributed by atoms with Crippen LogP contribution in [0.4, 0.5) is 0 Å². The molecule has 0 spiro atoms. The predicted octanol–water partition coefficient (Wildman–Crippen LogP) is 3.85. The topological polar surface area (TPSA) is 30.2 Å². The molecule has 0 aliphatic rings. The summed E-state index contributed by atoms with van der Waals surface area (Å²) in [7, 11) is 0. The zero-order valence-corrected chi connectivity index (χ0v) is 8.75. The van der Waals surface area contributed by atoms with Gasteiger partial charge in [-0.15, -0.1) is 6.58 Å². The van der Waals surface area contributed by atoms with Crippen molar-refractivity contribution in [1.82, 2.24) is 0 Å². The normalized spacial score (nSPS) is 10.5. The van der Waals surface area contributed by atoms with Crippen molar-refractivity contribution in [2.24, 2.45) is 0 Å². The van der Waals surface area contributed by atoms with Crippen LogP contribution in [0.15, 0.2) is 41.3 Å². The summed E-state index contributed by atoms with van der Waals surface area (Å²) >= 11 is 5.83. The van der Waals surface area contributed by atoms with Crippen molar-refractivity contribution in [3.05, 3.63) is 47.7 Å². The summed E-state index contributed by atoms with van der Waals surface area (Å²) in [6.07, 6.45) is 1.84. The fraction of sp³-hybridized carbons (Fsp3) is 0.0833. The van der Waals surface area contributed by atoms with Gasteiger partial charge in [0.25, 0.3) is 0 Å². The lowest BCUT2D eigenvalue weighted by Gasteiger charge is -1.89. The van der Waals surface area contributed by atoms with Crippen molar-refractivity contribution in [3.63, 3.8) is 0 Å². The summed E-state index contributed by atoms with van der Waals surface area (Å²) in [5, 5.41) is 1.47. The summed E-state index contributed by atoms with van der Waals surface area (Å²) < 4.78 is 5.38. The molecule has 0 saturated carbocycles. The molecule has 0 saturated heterocycles. The van der Waals surface area contributed by atoms with Gasteiger partial charge in [-0.05, 0) is 24.3 Å². The number of Topliss-reactive ketones (excluding diaryl/α,β-unsaturated/α-hetero) is 1. The maximum absolute atomic E-state index is 11.5. The highest BCUT2D eigenvalue weighted by Crippen LogP contribution is 2.23. The predicted molar refractivity (Wildman–Crippen MR) is 60.4 cm³/mol. The first-order valence-corrected chi connectivity index (χ1v) is 4.91. The largest absolute Gasteiger partial charge is 0.453 e. The highest BCUT2D eigenvalue weighted by atomic mass is 35.5. The first kappa shape index (κ1) is 9.99. The molecule has 0 bridgehead atoms. The first-order chi connectivity index (χ1) is 7.20. The van der Waals surface area contributed by atoms with Gasteiger partial charge in [-0.3, -0.25) is 4.79 Å². The number of allylic oxidation sites excluding steroid dienone is 1. The molecule has 0 atom stereocenters. The van der Waals surface area contributed by atoms with Crippen molar-refractivity contribution in [2.45, 2.75) is 6.42 Å². The number of carbonyl (C=O) groups is 1. The highest BCUT2D eigenvalue weighted by molar-refractivity contribution is 6.31. The molecule has 76 valence electrons. The third kappa shape index (κ3) is 1.95. The van der Waals surface area contributed by atoms with Gasteiger partial charge in [-0.1, -0.05) is 17.7 Å². The highest BCUT2D eigenvalue weighted by Gasteiger charge is 2.10. The molecule has 15 heavy (non-hydrogen) atoms. The number of hydrogen-bond acceptors (Lipinski definition) is 2. The number of benzene rings is 1. The number of fused-ring (bicyclic) bond motifs is 1. The van der Waals surface area contributed by atoms with E-state index in [2.05, 4.69) is 6.58 Å². The van der Waals surface area contributed by atoms with Crippen LogP contribution in [0.25, 0.3) is 11.0 Å². The van der Waals surface area contributed by atoms with E-state index in [1.807, 2.05) is 0 Å². The molecule has 0 unspecified atom stereocenters. The number of rotatable bonds is 3. The molecule has 2 rings (SSSR count). The van der Waals surface area contributed by atoms with Gasteiger partial charge in [-0.25, -0.2) is 0 Å². The van der Waals surface area contributed by atoms with Gasteiger partial charge in [0.05, 0.1) is 0 Å². The van der Waals surface area contributed by atoms with Gasteiger partial charge in [0, 0.05) is 16.8 Å². The minimum atomic E-state index is -0.0719. The second kappa shape index (κ2) is 3.91. The van der Waals surface area contributed by atoms with E-state index in [-0.39, 0.29) is 12.2 Å². The first-order valence-electron chi connectivity index (χ1n) is 4.54. The Morgan fingerprint density at radius 2 is 2.27 bits per heavy atom. The lowest BCUT2D eigenvalue weighted by atomic mass is 10.2. The molecule has 2 nitrogen and oxygen atoms in total. The van der Waals surface area contributed by atoms with E-state index in [0.29, 0.717) is 16.4 Å². The average molecular weight is 221 g/mol. The Morgan fingerprint density at radius 1 is 1.47 bits per heavy atom. The molecule has 3 heteroatoms. The zero-order valence-electron chi connectivity index (χ0n) is 8.00. The summed E-state index contributed by atoms with van der Waals surface area (Å²) in [6, 6.07) is 6.95. The standard InChI is InChI=1S/C12H9ClO2/c1-2-3-10(14)12-7-8-6-9(13)4-5-11(8)15-12/h2,4-7H,1,3H2. The van der Waals surface area contributed by atoms with Gasteiger partial charge < -0.3 is 4.42 Å². The number of hydrogen-bond donors (Lipinski definition) is 0. The average Bonchev–Trinajstić information content (AvgIpc) is 2.60. The third-order valence-corrected chi connectivity index (χ3v) is 2.32. The molecule has 2 aromatic rings. The lowest BCUT2D eigenvalue weighted by molar-refractivity contribution is 0.0971. The molecular formula is C12H9ClO2. The van der Waals surface area contributed by atoms with Crippen molar-refractivity contribution >= 4 is 28.4 Å². The Bertz CT molecular complexity index is 525. The van der Waals surface area contributed by atoms with Gasteiger partial charge in [0.1, 0.15) is 5.58 Å². The minimum Gasteiger partial charge on any atom is -0.453 e. The zero-order chi connectivity index (χ0) is 10.8. The Morgan fingerprint density at radius 3 is 3.00 bits per heavy atom. The van der Waals surface area contributed by atoms with Crippen molar-refractivity contribution in [3.8, 4) is 0 Å². The third-order valence-electron chi connectivity index (χ3n) is 2.08. The lowest BCUT2D eigenvalue weighted by Crippen LogP contribution is -1.93. The van der Waals surface area contributed by atoms with Crippen molar-refractivity contribution in [1.29, 1.82) is 0 Å². The van der Waals surface area contributed by atoms with Crippen LogP contribution in [0.3, 0.4) is 0 Å². The van der Waals surface area contributed by atoms with E-state index in [1.165, 1.54) is 0 Å². The number of furan rings is 1. The summed E-state index contributed by atoms with van der Waals surface area (Å²) in [4.78, 5) is 11.5. The van der Waals surface area contributed by atoms with Crippen LogP contribution in [-0.4, -0.2) is 5.78 Å². The van der Waals surface area contributed by atoms with Crippen molar-refractivity contribution < 1.29 is 9.21 Å². The van der Waals surface area contributed by atoms with Gasteiger partial charge in [-0.2, -0.15) is 0 Å². The Labute approximate surface area is 92.1 Å². The van der Waals surface area contributed by atoms with Crippen LogP contribution < -0.4 is 0 Å². The van der Waals surface area contributed by atoms with Gasteiger partial charge in [0.2, 0.25) is 5.78 Å². The smallest absolute Gasteiger partial charge is 0.201 e. The van der Waals surface area contributed by atoms with Gasteiger partial charge >= 0.3 is 0 Å². The molecule has 0 fully saturated rings. The summed E-state index contributed by atoms with van der Waals surface area (Å²) in [6.45, 7) is 3.51. The molecule has 0 aliphatic carbocycles. The molecule has 1 aromatic heterocycles. The molecular weight excluding hydrogens is 212 g/mol. The van der Waals surface area contributed by atoms with Crippen LogP contribution in [-0.2, 0) is 0 Å². The SMILES string of the molecule is C=CCC(=O)c1cc2cc(Cl)ccc2o1. The summed E-state index contributed by atoms with van der Waals surface area (Å²) in [5.74, 6) is 0.282. The number of halogens is 1. The van der Waals surface area contributed by atoms with Crippen molar-refractivity contribution in [2.75, 3.05) is 0 Å². The quantitative estimate of drug-likeness (QED) is 0.581. The molecule has 0 aliphatic heterocycles. The van der Waals surface area contributed by atoms with E-state index < -0.39 is 0 Å². The van der Waals surface area contributed by atoms with E-state index >= 15 is 0 Å². The molecule has 1 heterocycles. The fourth-order valence-corrected chi connectivity index (χ4v) is 1.56. The Hall–Kier alpha value is -1.54. The second-order valence-electron chi connectivity index (χ2n) is 3.21.